The monoisotopic (exact) mass is 411 g/mol. The first-order valence-electron chi connectivity index (χ1n) is 9.35. The van der Waals surface area contributed by atoms with Crippen LogP contribution in [0.4, 0.5) is 10.5 Å². The minimum atomic E-state index is -0.820. The largest absolute Gasteiger partial charge is 0.479 e. The lowest BCUT2D eigenvalue weighted by molar-refractivity contribution is -0.152. The molecular weight excluding hydrogens is 390 g/mol. The highest BCUT2D eigenvalue weighted by Gasteiger charge is 2.17. The van der Waals surface area contributed by atoms with Crippen molar-refractivity contribution >= 4 is 28.7 Å². The Kier molecular flexibility index (Phi) is 6.69. The first-order valence-corrected chi connectivity index (χ1v) is 9.35. The van der Waals surface area contributed by atoms with Gasteiger partial charge in [0.2, 0.25) is 0 Å². The number of benzene rings is 2. The predicted molar refractivity (Wildman–Crippen MR) is 109 cm³/mol. The van der Waals surface area contributed by atoms with Crippen LogP contribution in [-0.2, 0) is 20.9 Å². The number of para-hydroxylation sites is 1. The first kappa shape index (κ1) is 20.9. The van der Waals surface area contributed by atoms with Gasteiger partial charge in [0, 0.05) is 28.8 Å². The summed E-state index contributed by atoms with van der Waals surface area (Å²) in [7, 11) is 0. The van der Waals surface area contributed by atoms with Crippen LogP contribution in [0.5, 0.6) is 5.75 Å². The van der Waals surface area contributed by atoms with E-state index in [1.807, 2.05) is 6.07 Å². The summed E-state index contributed by atoms with van der Waals surface area (Å²) in [5, 5.41) is 3.11. The third-order valence-electron chi connectivity index (χ3n) is 4.11. The minimum absolute atomic E-state index is 0.131. The Morgan fingerprint density at radius 2 is 1.83 bits per heavy atom. The van der Waals surface area contributed by atoms with Gasteiger partial charge < -0.3 is 18.6 Å². The Labute approximate surface area is 172 Å². The van der Waals surface area contributed by atoms with E-state index in [1.165, 1.54) is 12.1 Å². The zero-order valence-electron chi connectivity index (χ0n) is 16.5. The topological polar surface area (TPSA) is 104 Å². The summed E-state index contributed by atoms with van der Waals surface area (Å²) in [6.45, 7) is 3.38. The fourth-order valence-electron chi connectivity index (χ4n) is 2.73. The summed E-state index contributed by atoms with van der Waals surface area (Å²) in [4.78, 5) is 35.7. The zero-order chi connectivity index (χ0) is 21.5. The van der Waals surface area contributed by atoms with E-state index >= 15 is 0 Å². The maximum atomic E-state index is 12.3. The molecule has 1 aromatic heterocycles. The van der Waals surface area contributed by atoms with Crippen molar-refractivity contribution in [2.45, 2.75) is 26.6 Å². The van der Waals surface area contributed by atoms with Crippen molar-refractivity contribution in [2.24, 2.45) is 0 Å². The van der Waals surface area contributed by atoms with Crippen LogP contribution in [0.3, 0.4) is 0 Å². The zero-order valence-corrected chi connectivity index (χ0v) is 16.5. The standard InChI is InChI=1S/C22H21NO7/c1-3-27-22(26)23-16-9-10-18-15(11-20(24)30-19(18)12-16)13-28-21(25)14(2)29-17-7-5-4-6-8-17/h4-12,14H,3,13H2,1-2H3,(H,23,26)/t14-/m1/s1. The molecule has 3 rings (SSSR count). The molecule has 30 heavy (non-hydrogen) atoms. The number of hydrogen-bond donors (Lipinski definition) is 1. The molecule has 0 aliphatic heterocycles. The fraction of sp³-hybridized carbons (Fsp3) is 0.227. The van der Waals surface area contributed by atoms with Gasteiger partial charge in [-0.1, -0.05) is 18.2 Å². The minimum Gasteiger partial charge on any atom is -0.479 e. The SMILES string of the molecule is CCOC(=O)Nc1ccc2c(COC(=O)[C@@H](C)Oc3ccccc3)cc(=O)oc2c1. The van der Waals surface area contributed by atoms with Gasteiger partial charge in [-0.25, -0.2) is 14.4 Å². The van der Waals surface area contributed by atoms with Crippen LogP contribution >= 0.6 is 0 Å². The van der Waals surface area contributed by atoms with Crippen LogP contribution in [0.2, 0.25) is 0 Å². The van der Waals surface area contributed by atoms with Gasteiger partial charge in [-0.05, 0) is 38.1 Å². The Bertz CT molecular complexity index is 1090. The summed E-state index contributed by atoms with van der Waals surface area (Å²) in [5.41, 5.74) is 0.527. The number of carbonyl (C=O) groups excluding carboxylic acids is 2. The normalized spacial score (nSPS) is 11.5. The predicted octanol–water partition coefficient (Wildman–Crippen LogP) is 3.87. The van der Waals surface area contributed by atoms with Gasteiger partial charge >= 0.3 is 17.7 Å². The first-order chi connectivity index (χ1) is 14.5. The smallest absolute Gasteiger partial charge is 0.411 e. The van der Waals surface area contributed by atoms with E-state index in [0.717, 1.165) is 0 Å². The molecule has 0 radical (unpaired) electrons. The molecule has 1 amide bonds. The summed E-state index contributed by atoms with van der Waals surface area (Å²) < 4.78 is 20.9. The van der Waals surface area contributed by atoms with Crippen LogP contribution in [-0.4, -0.2) is 24.8 Å². The molecule has 0 spiro atoms. The number of amides is 1. The molecule has 1 heterocycles. The number of hydrogen-bond acceptors (Lipinski definition) is 7. The van der Waals surface area contributed by atoms with Gasteiger partial charge in [0.1, 0.15) is 17.9 Å². The van der Waals surface area contributed by atoms with Crippen molar-refractivity contribution < 1.29 is 28.2 Å². The molecule has 3 aromatic rings. The van der Waals surface area contributed by atoms with Crippen molar-refractivity contribution in [1.29, 1.82) is 0 Å². The Balaban J connectivity index is 1.71. The summed E-state index contributed by atoms with van der Waals surface area (Å²) in [6, 6.07) is 15.0. The lowest BCUT2D eigenvalue weighted by Crippen LogP contribution is -2.26. The molecule has 0 bridgehead atoms. The number of carbonyl (C=O) groups is 2. The summed E-state index contributed by atoms with van der Waals surface area (Å²) >= 11 is 0. The molecule has 0 saturated heterocycles. The van der Waals surface area contributed by atoms with E-state index in [-0.39, 0.29) is 18.8 Å². The van der Waals surface area contributed by atoms with Gasteiger partial charge in [-0.15, -0.1) is 0 Å². The number of nitrogens with one attached hydrogen (secondary N) is 1. The number of fused-ring (bicyclic) bond motifs is 1. The van der Waals surface area contributed by atoms with Crippen LogP contribution in [0.25, 0.3) is 11.0 Å². The van der Waals surface area contributed by atoms with Gasteiger partial charge in [0.05, 0.1) is 6.61 Å². The number of anilines is 1. The van der Waals surface area contributed by atoms with E-state index in [2.05, 4.69) is 5.32 Å². The molecule has 2 aromatic carbocycles. The maximum absolute atomic E-state index is 12.3. The Morgan fingerprint density at radius 1 is 1.07 bits per heavy atom. The van der Waals surface area contributed by atoms with E-state index in [9.17, 15) is 14.4 Å². The van der Waals surface area contributed by atoms with Gasteiger partial charge in [-0.3, -0.25) is 5.32 Å². The molecule has 0 aliphatic carbocycles. The van der Waals surface area contributed by atoms with Gasteiger partial charge in [0.15, 0.2) is 6.10 Å². The number of ether oxygens (including phenoxy) is 3. The second-order valence-electron chi connectivity index (χ2n) is 6.33. The summed E-state index contributed by atoms with van der Waals surface area (Å²) in [5.74, 6) is -0.0183. The average molecular weight is 411 g/mol. The van der Waals surface area contributed by atoms with Gasteiger partial charge in [-0.2, -0.15) is 0 Å². The Hall–Kier alpha value is -3.81. The third-order valence-corrected chi connectivity index (χ3v) is 4.11. The Morgan fingerprint density at radius 3 is 2.57 bits per heavy atom. The van der Waals surface area contributed by atoms with Crippen molar-refractivity contribution in [2.75, 3.05) is 11.9 Å². The van der Waals surface area contributed by atoms with E-state index in [4.69, 9.17) is 18.6 Å². The lowest BCUT2D eigenvalue weighted by Gasteiger charge is -2.14. The van der Waals surface area contributed by atoms with E-state index in [0.29, 0.717) is 22.4 Å². The van der Waals surface area contributed by atoms with Crippen molar-refractivity contribution in [3.8, 4) is 5.75 Å². The van der Waals surface area contributed by atoms with Crippen molar-refractivity contribution in [1.82, 2.24) is 0 Å². The van der Waals surface area contributed by atoms with Crippen LogP contribution in [0, 0.1) is 0 Å². The highest BCUT2D eigenvalue weighted by molar-refractivity contribution is 5.90. The molecular formula is C22H21NO7. The molecule has 156 valence electrons. The second-order valence-corrected chi connectivity index (χ2v) is 6.33. The average Bonchev–Trinajstić information content (AvgIpc) is 2.72. The van der Waals surface area contributed by atoms with Crippen molar-refractivity contribution in [3.05, 3.63) is 70.6 Å². The quantitative estimate of drug-likeness (QED) is 0.465. The van der Waals surface area contributed by atoms with Crippen LogP contribution in [0.15, 0.2) is 63.8 Å². The molecule has 0 saturated carbocycles. The molecule has 0 aliphatic rings. The fourth-order valence-corrected chi connectivity index (χ4v) is 2.73. The van der Waals surface area contributed by atoms with Crippen LogP contribution < -0.4 is 15.7 Å². The van der Waals surface area contributed by atoms with Crippen molar-refractivity contribution in [3.63, 3.8) is 0 Å². The van der Waals surface area contributed by atoms with Crippen LogP contribution in [0.1, 0.15) is 19.4 Å². The molecule has 8 nitrogen and oxygen atoms in total. The third kappa shape index (κ3) is 5.38. The molecule has 0 fully saturated rings. The second kappa shape index (κ2) is 9.60. The summed E-state index contributed by atoms with van der Waals surface area (Å²) in [6.07, 6.45) is -1.43. The molecule has 8 heteroatoms. The van der Waals surface area contributed by atoms with E-state index < -0.39 is 23.8 Å². The lowest BCUT2D eigenvalue weighted by atomic mass is 10.1. The molecule has 1 atom stereocenters. The van der Waals surface area contributed by atoms with E-state index in [1.54, 1.807) is 50.2 Å². The van der Waals surface area contributed by atoms with Gasteiger partial charge in [0.25, 0.3) is 0 Å². The molecule has 1 N–H and O–H groups in total. The number of rotatable bonds is 7. The maximum Gasteiger partial charge on any atom is 0.411 e. The highest BCUT2D eigenvalue weighted by atomic mass is 16.6. The molecule has 0 unspecified atom stereocenters. The highest BCUT2D eigenvalue weighted by Crippen LogP contribution is 2.22. The number of esters is 1.